The van der Waals surface area contributed by atoms with Crippen LogP contribution in [0.1, 0.15) is 40.9 Å². The van der Waals surface area contributed by atoms with Crippen LogP contribution in [0.15, 0.2) is 48.7 Å². The monoisotopic (exact) mass is 651 g/mol. The molecule has 0 saturated carbocycles. The van der Waals surface area contributed by atoms with Crippen LogP contribution in [0, 0.1) is 6.92 Å². The lowest BCUT2D eigenvalue weighted by molar-refractivity contribution is -0.138. The predicted molar refractivity (Wildman–Crippen MR) is 174 cm³/mol. The molecule has 0 spiro atoms. The third-order valence-corrected chi connectivity index (χ3v) is 8.70. The highest BCUT2D eigenvalue weighted by Crippen LogP contribution is 2.36. The molecule has 0 aliphatic carbocycles. The zero-order chi connectivity index (χ0) is 33.5. The lowest BCUT2D eigenvalue weighted by Crippen LogP contribution is -2.46. The van der Waals surface area contributed by atoms with Crippen molar-refractivity contribution < 1.29 is 27.4 Å². The summed E-state index contributed by atoms with van der Waals surface area (Å²) in [6.45, 7) is 10.3. The molecule has 2 aromatic heterocycles. The summed E-state index contributed by atoms with van der Waals surface area (Å²) in [7, 11) is 3.87. The molecule has 2 unspecified atom stereocenters. The Balaban J connectivity index is 1.24. The number of hydrogen-bond acceptors (Lipinski definition) is 8. The van der Waals surface area contributed by atoms with E-state index in [1.807, 2.05) is 56.6 Å². The zero-order valence-electron chi connectivity index (χ0n) is 27.3. The normalized spacial score (nSPS) is 19.7. The highest BCUT2D eigenvalue weighted by atomic mass is 19.4. The summed E-state index contributed by atoms with van der Waals surface area (Å²) in [6.07, 6.45) is -2.67. The van der Waals surface area contributed by atoms with Gasteiger partial charge in [0.2, 0.25) is 11.8 Å². The maximum absolute atomic E-state index is 14.1. The average molecular weight is 652 g/mol. The number of likely N-dealkylation sites (N-methyl/N-ethyl adjacent to an activating group) is 1. The summed E-state index contributed by atoms with van der Waals surface area (Å²) in [4.78, 5) is 29.2. The fourth-order valence-electron chi connectivity index (χ4n) is 6.16. The van der Waals surface area contributed by atoms with Gasteiger partial charge in [-0.05, 0) is 69.3 Å². The van der Waals surface area contributed by atoms with E-state index in [9.17, 15) is 18.0 Å². The lowest BCUT2D eigenvalue weighted by atomic mass is 10.0. The summed E-state index contributed by atoms with van der Waals surface area (Å²) in [5.74, 6) is 0.685. The van der Waals surface area contributed by atoms with Gasteiger partial charge in [0.05, 0.1) is 23.3 Å². The van der Waals surface area contributed by atoms with Crippen LogP contribution >= 0.6 is 0 Å². The van der Waals surface area contributed by atoms with E-state index in [1.165, 1.54) is 12.1 Å². The van der Waals surface area contributed by atoms with Crippen molar-refractivity contribution in [2.24, 2.45) is 7.05 Å². The molecule has 0 bridgehead atoms. The van der Waals surface area contributed by atoms with Crippen molar-refractivity contribution in [3.05, 3.63) is 70.9 Å². The third-order valence-electron chi connectivity index (χ3n) is 8.70. The van der Waals surface area contributed by atoms with Gasteiger partial charge in [-0.15, -0.1) is 0 Å². The Bertz CT molecular complexity index is 1760. The average Bonchev–Trinajstić information content (AvgIpc) is 3.39. The van der Waals surface area contributed by atoms with Gasteiger partial charge in [-0.2, -0.15) is 18.2 Å². The summed E-state index contributed by atoms with van der Waals surface area (Å²) in [5, 5.41) is 2.65. The number of aromatic nitrogens is 3. The SMILES string of the molecule is Cc1ccc(C(=O)Nc2ccc(CN3CCN(C)CC3)c(C(F)(F)F)c2)cc1Oc1nc(N2CC(C)OC(C)C2)nc2ccn(C)c12. The van der Waals surface area contributed by atoms with Gasteiger partial charge >= 0.3 is 6.18 Å². The molecule has 4 aromatic rings. The molecular weight excluding hydrogens is 611 g/mol. The fraction of sp³-hybridized carbons (Fsp3) is 0.441. The second-order valence-corrected chi connectivity index (χ2v) is 12.6. The van der Waals surface area contributed by atoms with Crippen molar-refractivity contribution in [2.75, 3.05) is 56.5 Å². The van der Waals surface area contributed by atoms with Crippen LogP contribution in [0.5, 0.6) is 11.6 Å². The predicted octanol–water partition coefficient (Wildman–Crippen LogP) is 5.70. The van der Waals surface area contributed by atoms with Gasteiger partial charge in [0.1, 0.15) is 11.3 Å². The highest BCUT2D eigenvalue weighted by Gasteiger charge is 2.34. The van der Waals surface area contributed by atoms with Gasteiger partial charge in [-0.1, -0.05) is 12.1 Å². The van der Waals surface area contributed by atoms with Crippen LogP contribution in [-0.4, -0.2) is 88.8 Å². The van der Waals surface area contributed by atoms with Crippen LogP contribution in [-0.2, 0) is 24.5 Å². The Morgan fingerprint density at radius 1 is 1.00 bits per heavy atom. The van der Waals surface area contributed by atoms with Crippen LogP contribution < -0.4 is 15.0 Å². The van der Waals surface area contributed by atoms with Crippen molar-refractivity contribution >= 4 is 28.6 Å². The highest BCUT2D eigenvalue weighted by molar-refractivity contribution is 6.04. The number of rotatable bonds is 7. The van der Waals surface area contributed by atoms with Gasteiger partial charge in [0.15, 0.2) is 0 Å². The quantitative estimate of drug-likeness (QED) is 0.273. The second-order valence-electron chi connectivity index (χ2n) is 12.6. The minimum absolute atomic E-state index is 0.0102. The Morgan fingerprint density at radius 3 is 2.43 bits per heavy atom. The largest absolute Gasteiger partial charge is 0.437 e. The number of aryl methyl sites for hydroxylation is 2. The Kier molecular flexibility index (Phi) is 9.14. The summed E-state index contributed by atoms with van der Waals surface area (Å²) >= 11 is 0. The molecule has 2 atom stereocenters. The molecule has 250 valence electrons. The van der Waals surface area contributed by atoms with E-state index < -0.39 is 17.6 Å². The first kappa shape index (κ1) is 32.7. The summed E-state index contributed by atoms with van der Waals surface area (Å²) < 4.78 is 56.5. The van der Waals surface area contributed by atoms with E-state index in [0.29, 0.717) is 54.8 Å². The van der Waals surface area contributed by atoms with E-state index in [2.05, 4.69) is 15.1 Å². The number of alkyl halides is 3. The molecule has 2 aliphatic rings. The van der Waals surface area contributed by atoms with Gasteiger partial charge in [-0.3, -0.25) is 9.69 Å². The number of piperazine rings is 1. The lowest BCUT2D eigenvalue weighted by Gasteiger charge is -2.35. The molecule has 2 saturated heterocycles. The van der Waals surface area contributed by atoms with Crippen LogP contribution in [0.2, 0.25) is 0 Å². The van der Waals surface area contributed by atoms with Crippen LogP contribution in [0.25, 0.3) is 11.0 Å². The number of carbonyl (C=O) groups excluding carboxylic acids is 1. The standard InChI is InChI=1S/C34H40F3N7O3/c1-21-6-7-24(31(45)38-26-9-8-25(27(17-26)34(35,36)37)20-43-14-12-41(4)13-15-43)16-29(21)47-32-30-28(10-11-42(30)5)39-33(40-32)44-18-22(2)46-23(3)19-44/h6-11,16-17,22-23H,12-15,18-20H2,1-5H3,(H,38,45). The Labute approximate surface area is 272 Å². The van der Waals surface area contributed by atoms with Gasteiger partial charge in [0, 0.05) is 70.3 Å². The number of nitrogens with zero attached hydrogens (tertiary/aromatic N) is 6. The third kappa shape index (κ3) is 7.37. The Hall–Kier alpha value is -4.20. The molecule has 2 aliphatic heterocycles. The second kappa shape index (κ2) is 13.1. The van der Waals surface area contributed by atoms with Crippen molar-refractivity contribution in [3.8, 4) is 11.6 Å². The first-order chi connectivity index (χ1) is 22.3. The number of fused-ring (bicyclic) bond motifs is 1. The van der Waals surface area contributed by atoms with E-state index in [0.717, 1.165) is 24.7 Å². The molecule has 1 N–H and O–H groups in total. The van der Waals surface area contributed by atoms with E-state index >= 15 is 0 Å². The van der Waals surface area contributed by atoms with Gasteiger partial charge in [0.25, 0.3) is 5.91 Å². The molecule has 10 nitrogen and oxygen atoms in total. The first-order valence-corrected chi connectivity index (χ1v) is 15.8. The number of amides is 1. The number of halogens is 3. The maximum Gasteiger partial charge on any atom is 0.416 e. The number of carbonyl (C=O) groups is 1. The zero-order valence-corrected chi connectivity index (χ0v) is 27.3. The van der Waals surface area contributed by atoms with E-state index in [4.69, 9.17) is 19.4 Å². The molecule has 0 radical (unpaired) electrons. The molecule has 47 heavy (non-hydrogen) atoms. The Morgan fingerprint density at radius 2 is 1.72 bits per heavy atom. The smallest absolute Gasteiger partial charge is 0.416 e. The molecule has 2 aromatic carbocycles. The number of benzene rings is 2. The van der Waals surface area contributed by atoms with Crippen molar-refractivity contribution in [2.45, 2.75) is 45.7 Å². The summed E-state index contributed by atoms with van der Waals surface area (Å²) in [6, 6.07) is 10.8. The van der Waals surface area contributed by atoms with Gasteiger partial charge in [-0.25, -0.2) is 4.98 Å². The van der Waals surface area contributed by atoms with Crippen LogP contribution in [0.4, 0.5) is 24.8 Å². The van der Waals surface area contributed by atoms with Crippen molar-refractivity contribution in [1.29, 1.82) is 0 Å². The fourth-order valence-corrected chi connectivity index (χ4v) is 6.16. The van der Waals surface area contributed by atoms with E-state index in [-0.39, 0.29) is 35.6 Å². The minimum Gasteiger partial charge on any atom is -0.437 e. The van der Waals surface area contributed by atoms with Gasteiger partial charge < -0.3 is 29.2 Å². The number of morpholine rings is 1. The minimum atomic E-state index is -4.57. The molecule has 2 fully saturated rings. The molecule has 13 heteroatoms. The number of nitrogens with one attached hydrogen (secondary N) is 1. The number of ether oxygens (including phenoxy) is 2. The topological polar surface area (TPSA) is 88.0 Å². The van der Waals surface area contributed by atoms with Crippen molar-refractivity contribution in [3.63, 3.8) is 0 Å². The molecule has 1 amide bonds. The molecular formula is C34H40F3N7O3. The van der Waals surface area contributed by atoms with Crippen molar-refractivity contribution in [1.82, 2.24) is 24.3 Å². The molecule has 4 heterocycles. The summed E-state index contributed by atoms with van der Waals surface area (Å²) in [5.41, 5.74) is 1.88. The number of hydrogen-bond donors (Lipinski definition) is 1. The first-order valence-electron chi connectivity index (χ1n) is 15.8. The van der Waals surface area contributed by atoms with Crippen LogP contribution in [0.3, 0.4) is 0 Å². The number of anilines is 2. The van der Waals surface area contributed by atoms with E-state index in [1.54, 1.807) is 18.2 Å². The maximum atomic E-state index is 14.1. The molecule has 6 rings (SSSR count).